The van der Waals surface area contributed by atoms with E-state index in [1.165, 1.54) is 17.7 Å². The van der Waals surface area contributed by atoms with Gasteiger partial charge in [-0.1, -0.05) is 31.2 Å². The molecule has 0 aromatic heterocycles. The number of hydrogen-bond donors (Lipinski definition) is 1. The van der Waals surface area contributed by atoms with Crippen molar-refractivity contribution in [2.24, 2.45) is 0 Å². The zero-order valence-electron chi connectivity index (χ0n) is 10.7. The van der Waals surface area contributed by atoms with Crippen LogP contribution >= 0.6 is 0 Å². The van der Waals surface area contributed by atoms with Gasteiger partial charge in [-0.3, -0.25) is 4.90 Å². The minimum atomic E-state index is 0.555. The van der Waals surface area contributed by atoms with Crippen LogP contribution in [0, 0.1) is 0 Å². The molecule has 1 aliphatic rings. The molecule has 2 nitrogen and oxygen atoms in total. The Kier molecular flexibility index (Phi) is 4.21. The molecule has 1 aliphatic heterocycles. The summed E-state index contributed by atoms with van der Waals surface area (Å²) in [5.41, 5.74) is 2.76. The summed E-state index contributed by atoms with van der Waals surface area (Å²) in [5.74, 6) is 0. The first-order valence-electron chi connectivity index (χ1n) is 6.51. The third-order valence-electron chi connectivity index (χ3n) is 3.25. The summed E-state index contributed by atoms with van der Waals surface area (Å²) in [6.45, 7) is 9.31. The molecular formula is C15H22N2. The van der Waals surface area contributed by atoms with Crippen LogP contribution in [0.15, 0.2) is 36.9 Å². The zero-order valence-corrected chi connectivity index (χ0v) is 10.7. The SMILES string of the molecule is C=CCN(CCC)CC1Cc2ccccc2N1. The molecule has 2 heteroatoms. The van der Waals surface area contributed by atoms with Gasteiger partial charge in [-0.15, -0.1) is 6.58 Å². The number of benzene rings is 1. The Balaban J connectivity index is 1.91. The fourth-order valence-corrected chi connectivity index (χ4v) is 2.55. The van der Waals surface area contributed by atoms with Gasteiger partial charge in [0.2, 0.25) is 0 Å². The van der Waals surface area contributed by atoms with Crippen molar-refractivity contribution in [3.05, 3.63) is 42.5 Å². The van der Waals surface area contributed by atoms with E-state index in [1.807, 2.05) is 6.08 Å². The van der Waals surface area contributed by atoms with Crippen molar-refractivity contribution >= 4 is 5.69 Å². The van der Waals surface area contributed by atoms with Crippen LogP contribution in [0.1, 0.15) is 18.9 Å². The minimum absolute atomic E-state index is 0.555. The van der Waals surface area contributed by atoms with Crippen LogP contribution in [0.3, 0.4) is 0 Å². The molecule has 2 rings (SSSR count). The smallest absolute Gasteiger partial charge is 0.0429 e. The number of fused-ring (bicyclic) bond motifs is 1. The lowest BCUT2D eigenvalue weighted by molar-refractivity contribution is 0.291. The van der Waals surface area contributed by atoms with Gasteiger partial charge < -0.3 is 5.32 Å². The van der Waals surface area contributed by atoms with Crippen molar-refractivity contribution in [3.8, 4) is 0 Å². The van der Waals surface area contributed by atoms with E-state index in [-0.39, 0.29) is 0 Å². The van der Waals surface area contributed by atoms with Crippen molar-refractivity contribution in [2.45, 2.75) is 25.8 Å². The van der Waals surface area contributed by atoms with E-state index >= 15 is 0 Å². The zero-order chi connectivity index (χ0) is 12.1. The molecule has 1 N–H and O–H groups in total. The number of rotatable bonds is 6. The maximum Gasteiger partial charge on any atom is 0.0429 e. The van der Waals surface area contributed by atoms with Crippen molar-refractivity contribution in [1.29, 1.82) is 0 Å². The summed E-state index contributed by atoms with van der Waals surface area (Å²) < 4.78 is 0. The molecular weight excluding hydrogens is 208 g/mol. The standard InChI is InChI=1S/C15H22N2/c1-3-9-17(10-4-2)12-14-11-13-7-5-6-8-15(13)16-14/h3,5-8,14,16H,1,4,9-12H2,2H3. The molecule has 0 saturated heterocycles. The Hall–Kier alpha value is -1.28. The van der Waals surface area contributed by atoms with E-state index in [0.717, 1.165) is 26.1 Å². The molecule has 1 atom stereocenters. The van der Waals surface area contributed by atoms with Crippen LogP contribution in [0.5, 0.6) is 0 Å². The average Bonchev–Trinajstić information content (AvgIpc) is 2.71. The van der Waals surface area contributed by atoms with E-state index in [0.29, 0.717) is 6.04 Å². The van der Waals surface area contributed by atoms with E-state index in [1.54, 1.807) is 0 Å². The third-order valence-corrected chi connectivity index (χ3v) is 3.25. The second-order valence-corrected chi connectivity index (χ2v) is 4.75. The third kappa shape index (κ3) is 3.10. The summed E-state index contributed by atoms with van der Waals surface area (Å²) in [7, 11) is 0. The molecule has 1 heterocycles. The Bertz CT molecular complexity index is 348. The van der Waals surface area contributed by atoms with Gasteiger partial charge in [0.25, 0.3) is 0 Å². The van der Waals surface area contributed by atoms with Crippen LogP contribution in [0.2, 0.25) is 0 Å². The van der Waals surface area contributed by atoms with Gasteiger partial charge in [-0.2, -0.15) is 0 Å². The first-order chi connectivity index (χ1) is 8.33. The van der Waals surface area contributed by atoms with Crippen molar-refractivity contribution in [2.75, 3.05) is 25.0 Å². The van der Waals surface area contributed by atoms with Crippen molar-refractivity contribution in [3.63, 3.8) is 0 Å². The van der Waals surface area contributed by atoms with Crippen molar-refractivity contribution < 1.29 is 0 Å². The molecule has 0 aliphatic carbocycles. The van der Waals surface area contributed by atoms with Gasteiger partial charge in [0.15, 0.2) is 0 Å². The van der Waals surface area contributed by atoms with Gasteiger partial charge in [0, 0.05) is 24.8 Å². The summed E-state index contributed by atoms with van der Waals surface area (Å²) in [6.07, 6.45) is 4.35. The first kappa shape index (κ1) is 12.2. The maximum absolute atomic E-state index is 3.83. The minimum Gasteiger partial charge on any atom is -0.380 e. The van der Waals surface area contributed by atoms with Crippen LogP contribution < -0.4 is 5.32 Å². The van der Waals surface area contributed by atoms with Crippen molar-refractivity contribution in [1.82, 2.24) is 4.90 Å². The van der Waals surface area contributed by atoms with E-state index in [2.05, 4.69) is 48.0 Å². The number of nitrogens with zero attached hydrogens (tertiary/aromatic N) is 1. The Morgan fingerprint density at radius 2 is 2.29 bits per heavy atom. The van der Waals surface area contributed by atoms with Gasteiger partial charge in [0.1, 0.15) is 0 Å². The molecule has 92 valence electrons. The topological polar surface area (TPSA) is 15.3 Å². The molecule has 0 spiro atoms. The Morgan fingerprint density at radius 3 is 3.00 bits per heavy atom. The Morgan fingerprint density at radius 1 is 1.47 bits per heavy atom. The number of nitrogens with one attached hydrogen (secondary N) is 1. The Labute approximate surface area is 104 Å². The normalized spacial score (nSPS) is 17.9. The number of hydrogen-bond acceptors (Lipinski definition) is 2. The highest BCUT2D eigenvalue weighted by atomic mass is 15.1. The molecule has 1 unspecified atom stereocenters. The number of anilines is 1. The second-order valence-electron chi connectivity index (χ2n) is 4.75. The van der Waals surface area contributed by atoms with Gasteiger partial charge in [-0.05, 0) is 31.0 Å². The molecule has 0 radical (unpaired) electrons. The highest BCUT2D eigenvalue weighted by Gasteiger charge is 2.21. The summed E-state index contributed by atoms with van der Waals surface area (Å²) in [6, 6.07) is 9.17. The van der Waals surface area contributed by atoms with Crippen LogP contribution in [-0.2, 0) is 6.42 Å². The first-order valence-corrected chi connectivity index (χ1v) is 6.51. The lowest BCUT2D eigenvalue weighted by Crippen LogP contribution is -2.36. The number of para-hydroxylation sites is 1. The quantitative estimate of drug-likeness (QED) is 0.756. The van der Waals surface area contributed by atoms with Gasteiger partial charge in [0.05, 0.1) is 0 Å². The lowest BCUT2D eigenvalue weighted by Gasteiger charge is -2.24. The largest absolute Gasteiger partial charge is 0.380 e. The van der Waals surface area contributed by atoms with E-state index < -0.39 is 0 Å². The fraction of sp³-hybridized carbons (Fsp3) is 0.467. The van der Waals surface area contributed by atoms with Crippen LogP contribution in [0.4, 0.5) is 5.69 Å². The summed E-state index contributed by atoms with van der Waals surface area (Å²) >= 11 is 0. The highest BCUT2D eigenvalue weighted by molar-refractivity contribution is 5.56. The summed E-state index contributed by atoms with van der Waals surface area (Å²) in [4.78, 5) is 2.47. The van der Waals surface area contributed by atoms with E-state index in [9.17, 15) is 0 Å². The van der Waals surface area contributed by atoms with Crippen LogP contribution in [-0.4, -0.2) is 30.6 Å². The predicted molar refractivity (Wildman–Crippen MR) is 74.5 cm³/mol. The molecule has 17 heavy (non-hydrogen) atoms. The maximum atomic E-state index is 3.83. The molecule has 0 saturated carbocycles. The molecule has 0 fully saturated rings. The van der Waals surface area contributed by atoms with Gasteiger partial charge >= 0.3 is 0 Å². The van der Waals surface area contributed by atoms with E-state index in [4.69, 9.17) is 0 Å². The monoisotopic (exact) mass is 230 g/mol. The molecule has 1 aromatic carbocycles. The highest BCUT2D eigenvalue weighted by Crippen LogP contribution is 2.25. The fourth-order valence-electron chi connectivity index (χ4n) is 2.55. The average molecular weight is 230 g/mol. The molecule has 0 amide bonds. The predicted octanol–water partition coefficient (Wildman–Crippen LogP) is 2.92. The molecule has 1 aromatic rings. The lowest BCUT2D eigenvalue weighted by atomic mass is 10.1. The summed E-state index contributed by atoms with van der Waals surface area (Å²) in [5, 5.41) is 3.61. The second kappa shape index (κ2) is 5.87. The molecule has 0 bridgehead atoms. The van der Waals surface area contributed by atoms with Gasteiger partial charge in [-0.25, -0.2) is 0 Å². The van der Waals surface area contributed by atoms with Crippen LogP contribution in [0.25, 0.3) is 0 Å².